The van der Waals surface area contributed by atoms with E-state index in [-0.39, 0.29) is 17.9 Å². The van der Waals surface area contributed by atoms with Crippen LogP contribution in [0.3, 0.4) is 0 Å². The summed E-state index contributed by atoms with van der Waals surface area (Å²) in [5.41, 5.74) is 1.90. The van der Waals surface area contributed by atoms with E-state index in [1.165, 1.54) is 12.1 Å². The van der Waals surface area contributed by atoms with Gasteiger partial charge in [0.15, 0.2) is 0 Å². The molecule has 4 rings (SSSR count). The molecule has 146 valence electrons. The molecule has 3 aromatic rings. The van der Waals surface area contributed by atoms with Crippen LogP contribution in [0, 0.1) is 5.82 Å². The van der Waals surface area contributed by atoms with E-state index in [1.54, 1.807) is 31.3 Å². The van der Waals surface area contributed by atoms with Gasteiger partial charge in [0.2, 0.25) is 0 Å². The fourth-order valence-corrected chi connectivity index (χ4v) is 3.47. The summed E-state index contributed by atoms with van der Waals surface area (Å²) in [5.74, 6) is -1.66. The normalized spacial score (nSPS) is 16.0. The Labute approximate surface area is 166 Å². The minimum atomic E-state index is -0.726. The third-order valence-corrected chi connectivity index (χ3v) is 4.92. The van der Waals surface area contributed by atoms with Crippen molar-refractivity contribution in [3.8, 4) is 0 Å². The number of urea groups is 1. The predicted octanol–water partition coefficient (Wildman–Crippen LogP) is 3.31. The molecule has 0 unspecified atom stereocenters. The van der Waals surface area contributed by atoms with Crippen molar-refractivity contribution in [2.24, 2.45) is 0 Å². The predicted molar refractivity (Wildman–Crippen MR) is 106 cm³/mol. The summed E-state index contributed by atoms with van der Waals surface area (Å²) in [6.45, 7) is 2.12. The van der Waals surface area contributed by atoms with Crippen LogP contribution in [0.2, 0.25) is 0 Å². The zero-order chi connectivity index (χ0) is 20.5. The number of rotatable bonds is 4. The molecule has 2 aromatic carbocycles. The average molecular weight is 391 g/mol. The first kappa shape index (κ1) is 18.6. The van der Waals surface area contributed by atoms with Crippen molar-refractivity contribution in [1.82, 2.24) is 14.8 Å². The van der Waals surface area contributed by atoms with Crippen molar-refractivity contribution < 1.29 is 18.8 Å². The van der Waals surface area contributed by atoms with Crippen molar-refractivity contribution >= 4 is 34.8 Å². The number of nitrogens with zero attached hydrogens (tertiary/aromatic N) is 2. The molecule has 1 saturated heterocycles. The lowest BCUT2D eigenvalue weighted by atomic mass is 10.1. The Balaban J connectivity index is 1.80. The summed E-state index contributed by atoms with van der Waals surface area (Å²) in [6.07, 6.45) is 3.25. The van der Waals surface area contributed by atoms with Gasteiger partial charge in [-0.2, -0.15) is 0 Å². The summed E-state index contributed by atoms with van der Waals surface area (Å²) in [7, 11) is 0. The number of hydrogen-bond donors (Lipinski definition) is 1. The van der Waals surface area contributed by atoms with E-state index < -0.39 is 17.8 Å². The molecule has 7 heteroatoms. The number of carbonyl (C=O) groups excluding carboxylic acids is 3. The van der Waals surface area contributed by atoms with E-state index >= 15 is 0 Å². The van der Waals surface area contributed by atoms with Gasteiger partial charge in [0, 0.05) is 34.8 Å². The zero-order valence-corrected chi connectivity index (χ0v) is 15.7. The van der Waals surface area contributed by atoms with Gasteiger partial charge in [-0.1, -0.05) is 36.4 Å². The Morgan fingerprint density at radius 1 is 1.03 bits per heavy atom. The van der Waals surface area contributed by atoms with E-state index in [0.29, 0.717) is 17.7 Å². The summed E-state index contributed by atoms with van der Waals surface area (Å²) in [4.78, 5) is 37.6. The number of barbiturate groups is 1. The maximum atomic E-state index is 14.1. The molecule has 0 radical (unpaired) electrons. The van der Waals surface area contributed by atoms with Crippen LogP contribution in [-0.2, 0) is 16.1 Å². The largest absolute Gasteiger partial charge is 0.342 e. The molecule has 29 heavy (non-hydrogen) atoms. The SMILES string of the molecule is CCN1C(=O)NC(=O)/C(=C\c2cn(Cc3ccccc3F)c3ccccc23)C1=O. The number of nitrogens with one attached hydrogen (secondary N) is 1. The minimum Gasteiger partial charge on any atom is -0.342 e. The topological polar surface area (TPSA) is 71.4 Å². The van der Waals surface area contributed by atoms with Crippen molar-refractivity contribution in [2.45, 2.75) is 13.5 Å². The number of amides is 4. The summed E-state index contributed by atoms with van der Waals surface area (Å²) < 4.78 is 16.0. The molecular formula is C22H18FN3O3. The lowest BCUT2D eigenvalue weighted by Gasteiger charge is -2.24. The van der Waals surface area contributed by atoms with Gasteiger partial charge in [0.25, 0.3) is 11.8 Å². The van der Waals surface area contributed by atoms with Crippen LogP contribution in [0.4, 0.5) is 9.18 Å². The van der Waals surface area contributed by atoms with Gasteiger partial charge in [-0.25, -0.2) is 9.18 Å². The van der Waals surface area contributed by atoms with Crippen LogP contribution in [0.5, 0.6) is 0 Å². The molecule has 1 aliphatic rings. The van der Waals surface area contributed by atoms with E-state index in [9.17, 15) is 18.8 Å². The highest BCUT2D eigenvalue weighted by Gasteiger charge is 2.34. The minimum absolute atomic E-state index is 0.111. The molecule has 1 N–H and O–H groups in total. The van der Waals surface area contributed by atoms with E-state index in [4.69, 9.17) is 0 Å². The average Bonchev–Trinajstić information content (AvgIpc) is 3.05. The van der Waals surface area contributed by atoms with E-state index in [2.05, 4.69) is 5.32 Å². The number of hydrogen-bond acceptors (Lipinski definition) is 3. The molecular weight excluding hydrogens is 373 g/mol. The highest BCUT2D eigenvalue weighted by molar-refractivity contribution is 6.31. The van der Waals surface area contributed by atoms with Crippen LogP contribution in [0.25, 0.3) is 17.0 Å². The Morgan fingerprint density at radius 2 is 1.76 bits per heavy atom. The number of halogens is 1. The maximum absolute atomic E-state index is 14.1. The molecule has 0 spiro atoms. The Kier molecular flexibility index (Phi) is 4.72. The van der Waals surface area contributed by atoms with Crippen LogP contribution in [-0.4, -0.2) is 33.9 Å². The second kappa shape index (κ2) is 7.35. The standard InChI is InChI=1S/C22H18FN3O3/c1-2-26-21(28)17(20(27)24-22(26)29)11-15-13-25(19-10-6-4-8-16(15)19)12-14-7-3-5-9-18(14)23/h3-11,13H,2,12H2,1H3,(H,24,27,29)/b17-11+. The molecule has 2 heterocycles. The molecule has 0 saturated carbocycles. The third kappa shape index (κ3) is 3.31. The number of carbonyl (C=O) groups is 3. The van der Waals surface area contributed by atoms with Gasteiger partial charge in [-0.15, -0.1) is 0 Å². The first-order valence-corrected chi connectivity index (χ1v) is 9.19. The molecule has 6 nitrogen and oxygen atoms in total. The Hall–Kier alpha value is -3.74. The van der Waals surface area contributed by atoms with Crippen molar-refractivity contribution in [1.29, 1.82) is 0 Å². The second-order valence-electron chi connectivity index (χ2n) is 6.69. The highest BCUT2D eigenvalue weighted by atomic mass is 19.1. The number of aromatic nitrogens is 1. The summed E-state index contributed by atoms with van der Waals surface area (Å²) in [5, 5.41) is 3.00. The van der Waals surface area contributed by atoms with Gasteiger partial charge < -0.3 is 4.57 Å². The summed E-state index contributed by atoms with van der Waals surface area (Å²) in [6, 6.07) is 13.3. The van der Waals surface area contributed by atoms with Crippen LogP contribution in [0.1, 0.15) is 18.1 Å². The molecule has 1 aromatic heterocycles. The van der Waals surface area contributed by atoms with E-state index in [0.717, 1.165) is 15.8 Å². The molecule has 0 aliphatic carbocycles. The van der Waals surface area contributed by atoms with Gasteiger partial charge >= 0.3 is 6.03 Å². The fourth-order valence-electron chi connectivity index (χ4n) is 3.47. The van der Waals surface area contributed by atoms with Crippen molar-refractivity contribution in [3.05, 3.63) is 77.2 Å². The molecule has 1 aliphatic heterocycles. The number of para-hydroxylation sites is 1. The first-order valence-electron chi connectivity index (χ1n) is 9.19. The first-order chi connectivity index (χ1) is 14.0. The van der Waals surface area contributed by atoms with Gasteiger partial charge in [-0.05, 0) is 25.1 Å². The Bertz CT molecular complexity index is 1180. The molecule has 1 fully saturated rings. The van der Waals surface area contributed by atoms with Crippen LogP contribution < -0.4 is 5.32 Å². The van der Waals surface area contributed by atoms with Crippen molar-refractivity contribution in [3.63, 3.8) is 0 Å². The zero-order valence-electron chi connectivity index (χ0n) is 15.7. The lowest BCUT2D eigenvalue weighted by molar-refractivity contribution is -0.129. The molecule has 0 bridgehead atoms. The smallest absolute Gasteiger partial charge is 0.331 e. The second-order valence-corrected chi connectivity index (χ2v) is 6.69. The van der Waals surface area contributed by atoms with E-state index in [1.807, 2.05) is 28.8 Å². The maximum Gasteiger partial charge on any atom is 0.331 e. The van der Waals surface area contributed by atoms with Crippen molar-refractivity contribution in [2.75, 3.05) is 6.54 Å². The highest BCUT2D eigenvalue weighted by Crippen LogP contribution is 2.26. The molecule has 0 atom stereocenters. The lowest BCUT2D eigenvalue weighted by Crippen LogP contribution is -2.53. The third-order valence-electron chi connectivity index (χ3n) is 4.92. The summed E-state index contributed by atoms with van der Waals surface area (Å²) >= 11 is 0. The number of likely N-dealkylation sites (N-methyl/N-ethyl adjacent to an activating group) is 1. The quantitative estimate of drug-likeness (QED) is 0.548. The van der Waals surface area contributed by atoms with Gasteiger partial charge in [-0.3, -0.25) is 19.8 Å². The number of imide groups is 2. The van der Waals surface area contributed by atoms with Gasteiger partial charge in [0.05, 0.1) is 6.54 Å². The monoisotopic (exact) mass is 391 g/mol. The Morgan fingerprint density at radius 3 is 2.52 bits per heavy atom. The fraction of sp³-hybridized carbons (Fsp3) is 0.136. The van der Waals surface area contributed by atoms with Crippen LogP contribution in [0.15, 0.2) is 60.3 Å². The van der Waals surface area contributed by atoms with Gasteiger partial charge in [0.1, 0.15) is 11.4 Å². The van der Waals surface area contributed by atoms with Crippen LogP contribution >= 0.6 is 0 Å². The molecule has 4 amide bonds. The number of benzene rings is 2. The number of fused-ring (bicyclic) bond motifs is 1.